The molecule has 0 saturated heterocycles. The Bertz CT molecular complexity index is 768. The van der Waals surface area contributed by atoms with Gasteiger partial charge in [0, 0.05) is 23.9 Å². The highest BCUT2D eigenvalue weighted by molar-refractivity contribution is 5.84. The maximum Gasteiger partial charge on any atom is 0.385 e. The number of carbonyl (C=O) groups excluding carboxylic acids is 1. The minimum absolute atomic E-state index is 0.150. The van der Waals surface area contributed by atoms with Gasteiger partial charge in [0.1, 0.15) is 0 Å². The molecule has 0 radical (unpaired) electrons. The Morgan fingerprint density at radius 3 is 1.96 bits per heavy atom. The lowest BCUT2D eigenvalue weighted by Crippen LogP contribution is -2.53. The molecule has 150 valence electrons. The number of aliphatic carboxylic acids is 3. The molecule has 0 aliphatic carbocycles. The summed E-state index contributed by atoms with van der Waals surface area (Å²) < 4.78 is 0. The lowest BCUT2D eigenvalue weighted by atomic mass is 9.98. The van der Waals surface area contributed by atoms with Crippen LogP contribution in [0.5, 0.6) is 0 Å². The molecule has 1 atom stereocenters. The third-order valence-corrected chi connectivity index (χ3v) is 3.96. The first-order chi connectivity index (χ1) is 13.3. The molecule has 1 heterocycles. The fourth-order valence-corrected chi connectivity index (χ4v) is 2.82. The maximum absolute atomic E-state index is 12.5. The van der Waals surface area contributed by atoms with Crippen LogP contribution in [0.3, 0.4) is 0 Å². The van der Waals surface area contributed by atoms with Crippen LogP contribution in [0, 0.1) is 0 Å². The highest BCUT2D eigenvalue weighted by Crippen LogP contribution is 2.35. The summed E-state index contributed by atoms with van der Waals surface area (Å²) in [5.41, 5.74) is -1.55. The number of rotatable bonds is 11. The lowest BCUT2D eigenvalue weighted by Gasteiger charge is -2.34. The second-order valence-corrected chi connectivity index (χ2v) is 5.91. The van der Waals surface area contributed by atoms with E-state index in [0.29, 0.717) is 5.56 Å². The molecule has 3 N–H and O–H groups in total. The molecule has 28 heavy (non-hydrogen) atoms. The van der Waals surface area contributed by atoms with E-state index in [0.717, 1.165) is 9.80 Å². The van der Waals surface area contributed by atoms with Gasteiger partial charge in [-0.1, -0.05) is 30.3 Å². The zero-order valence-electron chi connectivity index (χ0n) is 14.6. The van der Waals surface area contributed by atoms with Crippen LogP contribution in [-0.2, 0) is 29.7 Å². The number of carbonyl (C=O) groups is 4. The van der Waals surface area contributed by atoms with Crippen molar-refractivity contribution in [2.75, 3.05) is 32.7 Å². The number of benzene rings is 1. The van der Waals surface area contributed by atoms with E-state index in [9.17, 15) is 24.3 Å². The Morgan fingerprint density at radius 2 is 1.50 bits per heavy atom. The van der Waals surface area contributed by atoms with Crippen LogP contribution in [-0.4, -0.2) is 81.7 Å². The van der Waals surface area contributed by atoms with Gasteiger partial charge in [-0.25, -0.2) is 4.79 Å². The fourth-order valence-electron chi connectivity index (χ4n) is 2.82. The summed E-state index contributed by atoms with van der Waals surface area (Å²) in [6, 6.07) is 8.04. The highest BCUT2D eigenvalue weighted by atomic mass is 16.7. The Hall–Kier alpha value is -3.38. The molecule has 1 aromatic rings. The van der Waals surface area contributed by atoms with Gasteiger partial charge < -0.3 is 15.3 Å². The standard InChI is InChI=1S/C16H18N4O8/c21-12(22)8-19(9-13(23)24)6-7-20(10-14(25)26)16(15(27)28-18-17-16)11-4-2-1-3-5-11/h1-5H,6-10H2,(H,21,22)(H,23,24)(H,25,26). The minimum Gasteiger partial charge on any atom is -0.480 e. The van der Waals surface area contributed by atoms with Gasteiger partial charge in [0.15, 0.2) is 0 Å². The lowest BCUT2D eigenvalue weighted by molar-refractivity contribution is -0.155. The molecule has 0 amide bonds. The Kier molecular flexibility index (Phi) is 6.74. The van der Waals surface area contributed by atoms with Gasteiger partial charge in [0.25, 0.3) is 5.66 Å². The molecule has 0 saturated carbocycles. The third kappa shape index (κ3) is 4.86. The molecule has 0 aromatic heterocycles. The zero-order chi connectivity index (χ0) is 20.7. The normalized spacial score (nSPS) is 18.4. The van der Waals surface area contributed by atoms with Crippen molar-refractivity contribution in [3.8, 4) is 0 Å². The SMILES string of the molecule is O=C(O)CN(CCN(CC(=O)O)C1(c2ccccc2)N=NOC1=O)CC(=O)O. The van der Waals surface area contributed by atoms with E-state index in [1.807, 2.05) is 0 Å². The number of carboxylic acids is 3. The van der Waals surface area contributed by atoms with E-state index < -0.39 is 49.2 Å². The second kappa shape index (κ2) is 9.01. The molecule has 1 aromatic carbocycles. The Labute approximate surface area is 158 Å². The van der Waals surface area contributed by atoms with Crippen LogP contribution in [0.4, 0.5) is 0 Å². The molecule has 0 spiro atoms. The van der Waals surface area contributed by atoms with Gasteiger partial charge >= 0.3 is 23.9 Å². The van der Waals surface area contributed by atoms with Crippen molar-refractivity contribution in [3.05, 3.63) is 35.9 Å². The molecular weight excluding hydrogens is 376 g/mol. The molecule has 12 nitrogen and oxygen atoms in total. The topological polar surface area (TPSA) is 169 Å². The van der Waals surface area contributed by atoms with Crippen LogP contribution >= 0.6 is 0 Å². The summed E-state index contributed by atoms with van der Waals surface area (Å²) in [5.74, 6) is -4.68. The highest BCUT2D eigenvalue weighted by Gasteiger charge is 2.52. The van der Waals surface area contributed by atoms with E-state index in [2.05, 4.69) is 15.2 Å². The Morgan fingerprint density at radius 1 is 0.929 bits per heavy atom. The third-order valence-electron chi connectivity index (χ3n) is 3.96. The fraction of sp³-hybridized carbons (Fsp3) is 0.375. The van der Waals surface area contributed by atoms with Gasteiger partial charge in [-0.05, 0) is 0 Å². The first kappa shape index (κ1) is 20.9. The van der Waals surface area contributed by atoms with Crippen LogP contribution in [0.1, 0.15) is 5.56 Å². The molecule has 1 aliphatic rings. The van der Waals surface area contributed by atoms with Gasteiger partial charge in [-0.3, -0.25) is 29.0 Å². The number of nitrogens with zero attached hydrogens (tertiary/aromatic N) is 4. The Balaban J connectivity index is 2.33. The van der Waals surface area contributed by atoms with Crippen molar-refractivity contribution >= 4 is 23.9 Å². The van der Waals surface area contributed by atoms with E-state index in [1.54, 1.807) is 30.3 Å². The van der Waals surface area contributed by atoms with Crippen LogP contribution in [0.25, 0.3) is 0 Å². The molecule has 0 fully saturated rings. The summed E-state index contributed by atoms with van der Waals surface area (Å²) >= 11 is 0. The molecule has 0 bridgehead atoms. The quantitative estimate of drug-likeness (QED) is 0.449. The predicted molar refractivity (Wildman–Crippen MR) is 90.0 cm³/mol. The molecule has 2 rings (SSSR count). The van der Waals surface area contributed by atoms with Crippen LogP contribution in [0.2, 0.25) is 0 Å². The molecule has 12 heteroatoms. The van der Waals surface area contributed by atoms with Gasteiger partial charge in [0.05, 0.1) is 19.6 Å². The molecular formula is C16H18N4O8. The van der Waals surface area contributed by atoms with E-state index in [1.165, 1.54) is 0 Å². The largest absolute Gasteiger partial charge is 0.480 e. The summed E-state index contributed by atoms with van der Waals surface area (Å²) in [4.78, 5) is 52.6. The van der Waals surface area contributed by atoms with Crippen molar-refractivity contribution in [1.82, 2.24) is 9.80 Å². The first-order valence-electron chi connectivity index (χ1n) is 8.07. The molecule has 1 unspecified atom stereocenters. The van der Waals surface area contributed by atoms with Crippen molar-refractivity contribution in [1.29, 1.82) is 0 Å². The monoisotopic (exact) mass is 394 g/mol. The van der Waals surface area contributed by atoms with Gasteiger partial charge in [-0.15, -0.1) is 5.11 Å². The van der Waals surface area contributed by atoms with Crippen LogP contribution in [0.15, 0.2) is 40.7 Å². The van der Waals surface area contributed by atoms with Crippen molar-refractivity contribution in [3.63, 3.8) is 0 Å². The first-order valence-corrected chi connectivity index (χ1v) is 8.07. The summed E-state index contributed by atoms with van der Waals surface area (Å²) in [6.45, 7) is -2.12. The van der Waals surface area contributed by atoms with E-state index >= 15 is 0 Å². The van der Waals surface area contributed by atoms with Crippen molar-refractivity contribution in [2.45, 2.75) is 5.66 Å². The van der Waals surface area contributed by atoms with Crippen LogP contribution < -0.4 is 0 Å². The van der Waals surface area contributed by atoms with E-state index in [4.69, 9.17) is 10.2 Å². The number of hydrogen-bond acceptors (Lipinski definition) is 9. The summed E-state index contributed by atoms with van der Waals surface area (Å²) in [7, 11) is 0. The number of hydrogen-bond donors (Lipinski definition) is 3. The summed E-state index contributed by atoms with van der Waals surface area (Å²) in [6.07, 6.45) is 0. The average molecular weight is 394 g/mol. The number of carboxylic acid groups (broad SMARTS) is 3. The minimum atomic E-state index is -1.86. The smallest absolute Gasteiger partial charge is 0.385 e. The maximum atomic E-state index is 12.5. The van der Waals surface area contributed by atoms with Crippen molar-refractivity contribution < 1.29 is 39.3 Å². The summed E-state index contributed by atoms with van der Waals surface area (Å²) in [5, 5.41) is 34.3. The van der Waals surface area contributed by atoms with Gasteiger partial charge in [0.2, 0.25) is 0 Å². The second-order valence-electron chi connectivity index (χ2n) is 5.91. The van der Waals surface area contributed by atoms with Crippen molar-refractivity contribution in [2.24, 2.45) is 10.4 Å². The molecule has 1 aliphatic heterocycles. The van der Waals surface area contributed by atoms with Gasteiger partial charge in [-0.2, -0.15) is 0 Å². The zero-order valence-corrected chi connectivity index (χ0v) is 14.6. The predicted octanol–water partition coefficient (Wildman–Crippen LogP) is -0.379. The van der Waals surface area contributed by atoms with E-state index in [-0.39, 0.29) is 13.1 Å². The average Bonchev–Trinajstić information content (AvgIpc) is 3.00.